The van der Waals surface area contributed by atoms with Crippen LogP contribution in [0.2, 0.25) is 0 Å². The topological polar surface area (TPSA) is 64.0 Å². The van der Waals surface area contributed by atoms with Crippen molar-refractivity contribution in [1.82, 2.24) is 9.78 Å². The van der Waals surface area contributed by atoms with E-state index in [1.54, 1.807) is 0 Å². The first-order valence-corrected chi connectivity index (χ1v) is 7.33. The van der Waals surface area contributed by atoms with E-state index in [1.165, 1.54) is 16.8 Å². The Hall–Kier alpha value is -1.70. The molecule has 0 aliphatic rings. The van der Waals surface area contributed by atoms with Gasteiger partial charge in [0, 0.05) is 21.9 Å². The maximum Gasteiger partial charge on any atom is 0.276 e. The van der Waals surface area contributed by atoms with Gasteiger partial charge in [0.2, 0.25) is 0 Å². The average molecular weight is 383 g/mol. The van der Waals surface area contributed by atoms with E-state index in [1.807, 2.05) is 31.2 Å². The molecule has 2 aromatic rings. The molecule has 0 aliphatic heterocycles. The Morgan fingerprint density at radius 2 is 1.95 bits per heavy atom. The summed E-state index contributed by atoms with van der Waals surface area (Å²) in [6, 6.07) is 10.3. The molecule has 0 aliphatic carbocycles. The predicted octanol–water partition coefficient (Wildman–Crippen LogP) is 2.51. The van der Waals surface area contributed by atoms with Gasteiger partial charge in [0.1, 0.15) is 5.69 Å². The van der Waals surface area contributed by atoms with E-state index in [4.69, 9.17) is 0 Å². The molecule has 104 valence electrons. The van der Waals surface area contributed by atoms with Crippen LogP contribution in [0.15, 0.2) is 41.2 Å². The summed E-state index contributed by atoms with van der Waals surface area (Å²) < 4.78 is 2.40. The fraction of sp³-hybridized carbons (Fsp3) is 0.214. The number of nitrogens with one attached hydrogen (secondary N) is 1. The van der Waals surface area contributed by atoms with Crippen LogP contribution in [0.3, 0.4) is 0 Å². The van der Waals surface area contributed by atoms with Gasteiger partial charge in [-0.2, -0.15) is 5.10 Å². The van der Waals surface area contributed by atoms with Crippen LogP contribution in [0, 0.1) is 3.57 Å². The highest BCUT2D eigenvalue weighted by molar-refractivity contribution is 14.1. The molecule has 1 aromatic carbocycles. The third-order valence-electron chi connectivity index (χ3n) is 2.64. The number of amides is 1. The summed E-state index contributed by atoms with van der Waals surface area (Å²) in [6.45, 7) is 2.45. The highest BCUT2D eigenvalue weighted by atomic mass is 127. The molecule has 20 heavy (non-hydrogen) atoms. The number of hydrogen-bond acceptors (Lipinski definition) is 3. The van der Waals surface area contributed by atoms with E-state index in [0.29, 0.717) is 12.2 Å². The zero-order valence-electron chi connectivity index (χ0n) is 11.0. The molecule has 1 amide bonds. The molecule has 0 bridgehead atoms. The van der Waals surface area contributed by atoms with Gasteiger partial charge in [-0.25, -0.2) is 4.68 Å². The number of aryl methyl sites for hydroxylation is 1. The van der Waals surface area contributed by atoms with Crippen LogP contribution < -0.4 is 10.9 Å². The maximum atomic E-state index is 12.1. The molecule has 1 heterocycles. The summed E-state index contributed by atoms with van der Waals surface area (Å²) >= 11 is 2.20. The van der Waals surface area contributed by atoms with Crippen LogP contribution >= 0.6 is 22.6 Å². The predicted molar refractivity (Wildman–Crippen MR) is 85.9 cm³/mol. The Kier molecular flexibility index (Phi) is 4.89. The largest absolute Gasteiger partial charge is 0.321 e. The second kappa shape index (κ2) is 6.65. The van der Waals surface area contributed by atoms with Crippen LogP contribution in [0.25, 0.3) is 0 Å². The van der Waals surface area contributed by atoms with Gasteiger partial charge < -0.3 is 5.32 Å². The summed E-state index contributed by atoms with van der Waals surface area (Å²) in [5.74, 6) is -0.323. The number of carbonyl (C=O) groups excluding carboxylic acids is 1. The van der Waals surface area contributed by atoms with E-state index in [2.05, 4.69) is 33.0 Å². The first-order chi connectivity index (χ1) is 9.60. The Balaban J connectivity index is 2.18. The van der Waals surface area contributed by atoms with Gasteiger partial charge >= 0.3 is 0 Å². The third-order valence-corrected chi connectivity index (χ3v) is 3.36. The van der Waals surface area contributed by atoms with Crippen molar-refractivity contribution >= 4 is 34.2 Å². The summed E-state index contributed by atoms with van der Waals surface area (Å²) in [6.07, 6.45) is 0.787. The van der Waals surface area contributed by atoms with Crippen molar-refractivity contribution in [3.8, 4) is 0 Å². The summed E-state index contributed by atoms with van der Waals surface area (Å²) in [4.78, 5) is 23.6. The van der Waals surface area contributed by atoms with Crippen molar-refractivity contribution in [1.29, 1.82) is 0 Å². The minimum absolute atomic E-state index is 0.197. The molecule has 0 atom stereocenters. The second-order valence-corrected chi connectivity index (χ2v) is 5.49. The Morgan fingerprint density at radius 3 is 2.60 bits per heavy atom. The van der Waals surface area contributed by atoms with Gasteiger partial charge in [-0.3, -0.25) is 9.59 Å². The van der Waals surface area contributed by atoms with Crippen LogP contribution in [0.1, 0.15) is 23.8 Å². The van der Waals surface area contributed by atoms with E-state index >= 15 is 0 Å². The standard InChI is InChI=1S/C14H14IN3O2/c1-2-9-18-13(19)8-7-12(17-18)14(20)16-11-5-3-10(15)4-6-11/h3-8H,2,9H2,1H3,(H,16,20). The number of carbonyl (C=O) groups is 1. The minimum Gasteiger partial charge on any atom is -0.321 e. The van der Waals surface area contributed by atoms with Crippen LogP contribution in [0.4, 0.5) is 5.69 Å². The Bertz CT molecular complexity index is 665. The third kappa shape index (κ3) is 3.66. The fourth-order valence-corrected chi connectivity index (χ4v) is 2.03. The van der Waals surface area contributed by atoms with E-state index in [9.17, 15) is 9.59 Å². The van der Waals surface area contributed by atoms with Crippen LogP contribution in [-0.4, -0.2) is 15.7 Å². The van der Waals surface area contributed by atoms with Crippen LogP contribution in [0.5, 0.6) is 0 Å². The number of nitrogens with zero attached hydrogens (tertiary/aromatic N) is 2. The number of aromatic nitrogens is 2. The Morgan fingerprint density at radius 1 is 1.25 bits per heavy atom. The maximum absolute atomic E-state index is 12.1. The number of anilines is 1. The quantitative estimate of drug-likeness (QED) is 0.826. The van der Waals surface area contributed by atoms with Crippen molar-refractivity contribution in [2.75, 3.05) is 5.32 Å². The van der Waals surface area contributed by atoms with E-state index in [0.717, 1.165) is 9.99 Å². The van der Waals surface area contributed by atoms with Gasteiger partial charge in [0.25, 0.3) is 11.5 Å². The first-order valence-electron chi connectivity index (χ1n) is 6.25. The average Bonchev–Trinajstić information content (AvgIpc) is 2.44. The molecule has 5 nitrogen and oxygen atoms in total. The zero-order chi connectivity index (χ0) is 14.5. The molecule has 0 spiro atoms. The van der Waals surface area contributed by atoms with E-state index in [-0.39, 0.29) is 17.2 Å². The fourth-order valence-electron chi connectivity index (χ4n) is 1.67. The molecule has 6 heteroatoms. The van der Waals surface area contributed by atoms with Crippen LogP contribution in [-0.2, 0) is 6.54 Å². The molecule has 0 unspecified atom stereocenters. The molecule has 0 fully saturated rings. The van der Waals surface area contributed by atoms with Gasteiger partial charge in [0.05, 0.1) is 0 Å². The lowest BCUT2D eigenvalue weighted by molar-refractivity contribution is 0.102. The van der Waals surface area contributed by atoms with E-state index < -0.39 is 0 Å². The highest BCUT2D eigenvalue weighted by Crippen LogP contribution is 2.11. The molecule has 2 rings (SSSR count). The summed E-state index contributed by atoms with van der Waals surface area (Å²) in [5, 5.41) is 6.82. The smallest absolute Gasteiger partial charge is 0.276 e. The SMILES string of the molecule is CCCn1nc(C(=O)Nc2ccc(I)cc2)ccc1=O. The minimum atomic E-state index is -0.323. The molecule has 0 saturated carbocycles. The Labute approximate surface area is 130 Å². The molecular weight excluding hydrogens is 369 g/mol. The molecule has 1 N–H and O–H groups in total. The van der Waals surface area contributed by atoms with Gasteiger partial charge in [-0.15, -0.1) is 0 Å². The number of benzene rings is 1. The number of halogens is 1. The monoisotopic (exact) mass is 383 g/mol. The molecule has 1 aromatic heterocycles. The molecular formula is C14H14IN3O2. The van der Waals surface area contributed by atoms with Gasteiger partial charge in [-0.05, 0) is 59.3 Å². The summed E-state index contributed by atoms with van der Waals surface area (Å²) in [5.41, 5.74) is 0.736. The normalized spacial score (nSPS) is 10.3. The lowest BCUT2D eigenvalue weighted by Gasteiger charge is -2.07. The van der Waals surface area contributed by atoms with Crippen molar-refractivity contribution in [3.63, 3.8) is 0 Å². The number of rotatable bonds is 4. The summed E-state index contributed by atoms with van der Waals surface area (Å²) in [7, 11) is 0. The zero-order valence-corrected chi connectivity index (χ0v) is 13.1. The highest BCUT2D eigenvalue weighted by Gasteiger charge is 2.09. The number of hydrogen-bond donors (Lipinski definition) is 1. The van der Waals surface area contributed by atoms with Crippen molar-refractivity contribution < 1.29 is 4.79 Å². The molecule has 0 saturated heterocycles. The van der Waals surface area contributed by atoms with Crippen molar-refractivity contribution in [3.05, 3.63) is 56.0 Å². The lowest BCUT2D eigenvalue weighted by atomic mass is 10.3. The van der Waals surface area contributed by atoms with Gasteiger partial charge in [-0.1, -0.05) is 6.92 Å². The molecule has 0 radical (unpaired) electrons. The van der Waals surface area contributed by atoms with Crippen molar-refractivity contribution in [2.24, 2.45) is 0 Å². The second-order valence-electron chi connectivity index (χ2n) is 4.24. The first kappa shape index (κ1) is 14.7. The lowest BCUT2D eigenvalue weighted by Crippen LogP contribution is -2.26. The van der Waals surface area contributed by atoms with Crippen molar-refractivity contribution in [2.45, 2.75) is 19.9 Å². The van der Waals surface area contributed by atoms with Gasteiger partial charge in [0.15, 0.2) is 0 Å².